The molecule has 1 unspecified atom stereocenters. The molecule has 60 heavy (non-hydrogen) atoms. The van der Waals surface area contributed by atoms with Crippen LogP contribution >= 0.6 is 0 Å². The third-order valence-electron chi connectivity index (χ3n) is 11.4. The lowest BCUT2D eigenvalue weighted by molar-refractivity contribution is -0.167. The number of rotatable bonds is 47. The second-order valence-electron chi connectivity index (χ2n) is 17.4. The first-order chi connectivity index (χ1) is 29.5. The van der Waals surface area contributed by atoms with Crippen LogP contribution in [0.2, 0.25) is 0 Å². The standard InChI is InChI=1S/C54H98O6/c1-4-7-10-13-16-19-22-25-27-28-30-32-35-38-41-44-47-53(56)59-50-51(49-58-52(55)46-43-40-37-34-31-24-21-18-15-12-9-6-3)60-54(57)48-45-42-39-36-33-29-26-23-20-17-14-11-8-5-2/h9,12,18,21,27-28,51H,4-8,10-11,13-17,19-20,22-26,29-50H2,1-3H3/b12-9-,21-18-,28-27-. The molecule has 0 fully saturated rings. The molecule has 0 aromatic carbocycles. The molecule has 0 aliphatic heterocycles. The maximum Gasteiger partial charge on any atom is 0.306 e. The summed E-state index contributed by atoms with van der Waals surface area (Å²) in [6, 6.07) is 0. The molecule has 0 aliphatic rings. The van der Waals surface area contributed by atoms with Gasteiger partial charge in [0.2, 0.25) is 0 Å². The third kappa shape index (κ3) is 46.7. The predicted octanol–water partition coefficient (Wildman–Crippen LogP) is 16.9. The fourth-order valence-electron chi connectivity index (χ4n) is 7.48. The Labute approximate surface area is 372 Å². The Hall–Kier alpha value is -2.37. The zero-order valence-electron chi connectivity index (χ0n) is 40.0. The lowest BCUT2D eigenvalue weighted by Crippen LogP contribution is -2.30. The minimum atomic E-state index is -0.776. The summed E-state index contributed by atoms with van der Waals surface area (Å²) in [6.45, 7) is 6.53. The molecule has 0 amide bonds. The second kappa shape index (κ2) is 49.3. The molecule has 0 heterocycles. The monoisotopic (exact) mass is 843 g/mol. The molecule has 0 saturated carbocycles. The lowest BCUT2D eigenvalue weighted by atomic mass is 10.0. The summed E-state index contributed by atoms with van der Waals surface area (Å²) in [5.74, 6) is -0.890. The molecule has 0 aliphatic carbocycles. The molecule has 0 saturated heterocycles. The molecule has 350 valence electrons. The van der Waals surface area contributed by atoms with Crippen molar-refractivity contribution in [3.8, 4) is 0 Å². The Kier molecular flexibility index (Phi) is 47.3. The number of unbranched alkanes of at least 4 members (excludes halogenated alkanes) is 30. The molecule has 0 spiro atoms. The maximum atomic E-state index is 12.8. The molecule has 6 heteroatoms. The highest BCUT2D eigenvalue weighted by Gasteiger charge is 2.19. The van der Waals surface area contributed by atoms with E-state index < -0.39 is 6.10 Å². The average Bonchev–Trinajstić information content (AvgIpc) is 3.24. The SMILES string of the molecule is CC/C=C\C/C=C\CCCCCCCC(=O)OCC(COC(=O)CCCCCCC/C=C\CCCCCCCCC)OC(=O)CCCCCCCCCCCCCCCC. The van der Waals surface area contributed by atoms with Crippen LogP contribution in [0.5, 0.6) is 0 Å². The molecule has 0 aromatic heterocycles. The third-order valence-corrected chi connectivity index (χ3v) is 11.4. The second-order valence-corrected chi connectivity index (χ2v) is 17.4. The zero-order chi connectivity index (χ0) is 43.7. The Morgan fingerprint density at radius 3 is 1.02 bits per heavy atom. The van der Waals surface area contributed by atoms with Crippen molar-refractivity contribution in [2.24, 2.45) is 0 Å². The summed E-state index contributed by atoms with van der Waals surface area (Å²) in [5, 5.41) is 0. The van der Waals surface area contributed by atoms with Gasteiger partial charge < -0.3 is 14.2 Å². The molecule has 0 aromatic rings. The van der Waals surface area contributed by atoms with Crippen molar-refractivity contribution < 1.29 is 28.6 Å². The number of hydrogen-bond donors (Lipinski definition) is 0. The van der Waals surface area contributed by atoms with Gasteiger partial charge in [-0.2, -0.15) is 0 Å². The van der Waals surface area contributed by atoms with Crippen molar-refractivity contribution in [3.05, 3.63) is 36.5 Å². The van der Waals surface area contributed by atoms with E-state index in [1.807, 2.05) is 0 Å². The van der Waals surface area contributed by atoms with Gasteiger partial charge in [0.15, 0.2) is 6.10 Å². The number of carbonyl (C=O) groups is 3. The minimum Gasteiger partial charge on any atom is -0.462 e. The quantitative estimate of drug-likeness (QED) is 0.0263. The highest BCUT2D eigenvalue weighted by Crippen LogP contribution is 2.15. The van der Waals surface area contributed by atoms with Crippen molar-refractivity contribution in [1.29, 1.82) is 0 Å². The van der Waals surface area contributed by atoms with Gasteiger partial charge in [0.1, 0.15) is 13.2 Å². The van der Waals surface area contributed by atoms with Crippen molar-refractivity contribution in [1.82, 2.24) is 0 Å². The maximum absolute atomic E-state index is 12.8. The number of hydrogen-bond acceptors (Lipinski definition) is 6. The number of ether oxygens (including phenoxy) is 3. The summed E-state index contributed by atoms with van der Waals surface area (Å²) in [6.07, 6.45) is 57.0. The highest BCUT2D eigenvalue weighted by atomic mass is 16.6. The van der Waals surface area contributed by atoms with E-state index in [9.17, 15) is 14.4 Å². The van der Waals surface area contributed by atoms with Crippen molar-refractivity contribution >= 4 is 17.9 Å². The number of allylic oxidation sites excluding steroid dienone is 6. The Morgan fingerprint density at radius 1 is 0.350 bits per heavy atom. The molecule has 0 rings (SSSR count). The number of carbonyl (C=O) groups excluding carboxylic acids is 3. The van der Waals surface area contributed by atoms with Gasteiger partial charge in [-0.05, 0) is 70.6 Å². The molecular formula is C54H98O6. The van der Waals surface area contributed by atoms with Gasteiger partial charge in [0.05, 0.1) is 0 Å². The molecular weight excluding hydrogens is 745 g/mol. The first-order valence-corrected chi connectivity index (χ1v) is 26.0. The molecule has 6 nitrogen and oxygen atoms in total. The fourth-order valence-corrected chi connectivity index (χ4v) is 7.48. The van der Waals surface area contributed by atoms with E-state index in [2.05, 4.69) is 57.2 Å². The van der Waals surface area contributed by atoms with E-state index in [0.717, 1.165) is 89.9 Å². The predicted molar refractivity (Wildman–Crippen MR) is 256 cm³/mol. The van der Waals surface area contributed by atoms with Crippen LogP contribution in [0.4, 0.5) is 0 Å². The smallest absolute Gasteiger partial charge is 0.306 e. The van der Waals surface area contributed by atoms with Gasteiger partial charge in [0, 0.05) is 19.3 Å². The average molecular weight is 843 g/mol. The Bertz CT molecular complexity index is 1020. The molecule has 0 radical (unpaired) electrons. The minimum absolute atomic E-state index is 0.0783. The summed E-state index contributed by atoms with van der Waals surface area (Å²) < 4.78 is 16.8. The normalized spacial score (nSPS) is 12.2. The van der Waals surface area contributed by atoms with E-state index in [0.29, 0.717) is 19.3 Å². The molecule has 0 N–H and O–H groups in total. The molecule has 0 bridgehead atoms. The summed E-state index contributed by atoms with van der Waals surface area (Å²) >= 11 is 0. The van der Waals surface area contributed by atoms with Gasteiger partial charge in [-0.15, -0.1) is 0 Å². The van der Waals surface area contributed by atoms with Crippen LogP contribution in [-0.2, 0) is 28.6 Å². The lowest BCUT2D eigenvalue weighted by Gasteiger charge is -2.18. The van der Waals surface area contributed by atoms with Gasteiger partial charge in [-0.3, -0.25) is 14.4 Å². The van der Waals surface area contributed by atoms with Crippen LogP contribution < -0.4 is 0 Å². The van der Waals surface area contributed by atoms with Crippen LogP contribution in [0.25, 0.3) is 0 Å². The van der Waals surface area contributed by atoms with E-state index in [1.54, 1.807) is 0 Å². The van der Waals surface area contributed by atoms with Crippen LogP contribution in [0.15, 0.2) is 36.5 Å². The van der Waals surface area contributed by atoms with Crippen molar-refractivity contribution in [2.45, 2.75) is 277 Å². The van der Waals surface area contributed by atoms with Crippen LogP contribution in [0, 0.1) is 0 Å². The van der Waals surface area contributed by atoms with Crippen molar-refractivity contribution in [3.63, 3.8) is 0 Å². The van der Waals surface area contributed by atoms with E-state index in [-0.39, 0.29) is 31.1 Å². The van der Waals surface area contributed by atoms with Crippen LogP contribution in [0.3, 0.4) is 0 Å². The number of esters is 3. The molecule has 1 atom stereocenters. The highest BCUT2D eigenvalue weighted by molar-refractivity contribution is 5.71. The largest absolute Gasteiger partial charge is 0.462 e. The van der Waals surface area contributed by atoms with Crippen LogP contribution in [-0.4, -0.2) is 37.2 Å². The van der Waals surface area contributed by atoms with Gasteiger partial charge in [-0.25, -0.2) is 0 Å². The van der Waals surface area contributed by atoms with Gasteiger partial charge in [0.25, 0.3) is 0 Å². The Morgan fingerprint density at radius 2 is 0.650 bits per heavy atom. The first-order valence-electron chi connectivity index (χ1n) is 26.0. The first kappa shape index (κ1) is 57.6. The Balaban J connectivity index is 4.36. The van der Waals surface area contributed by atoms with Gasteiger partial charge in [-0.1, -0.05) is 218 Å². The zero-order valence-corrected chi connectivity index (χ0v) is 40.0. The topological polar surface area (TPSA) is 78.9 Å². The summed E-state index contributed by atoms with van der Waals surface area (Å²) in [4.78, 5) is 37.9. The van der Waals surface area contributed by atoms with E-state index in [1.165, 1.54) is 141 Å². The van der Waals surface area contributed by atoms with Crippen LogP contribution in [0.1, 0.15) is 271 Å². The van der Waals surface area contributed by atoms with E-state index in [4.69, 9.17) is 14.2 Å². The van der Waals surface area contributed by atoms with Gasteiger partial charge >= 0.3 is 17.9 Å². The van der Waals surface area contributed by atoms with Crippen molar-refractivity contribution in [2.75, 3.05) is 13.2 Å². The summed E-state index contributed by atoms with van der Waals surface area (Å²) in [7, 11) is 0. The fraction of sp³-hybridized carbons (Fsp3) is 0.833. The summed E-state index contributed by atoms with van der Waals surface area (Å²) in [5.41, 5.74) is 0. The van der Waals surface area contributed by atoms with E-state index >= 15 is 0 Å².